The summed E-state index contributed by atoms with van der Waals surface area (Å²) < 4.78 is 0. The predicted octanol–water partition coefficient (Wildman–Crippen LogP) is 2.83. The zero-order valence-electron chi connectivity index (χ0n) is 14.1. The number of nitrogens with zero attached hydrogens (tertiary/aromatic N) is 2. The van der Waals surface area contributed by atoms with Gasteiger partial charge < -0.3 is 10.6 Å². The highest BCUT2D eigenvalue weighted by atomic mass is 35.5. The highest BCUT2D eigenvalue weighted by Crippen LogP contribution is 2.22. The summed E-state index contributed by atoms with van der Waals surface area (Å²) in [5.41, 5.74) is 7.25. The molecule has 2 heterocycles. The van der Waals surface area contributed by atoms with Gasteiger partial charge in [-0.25, -0.2) is 0 Å². The van der Waals surface area contributed by atoms with Gasteiger partial charge in [0.15, 0.2) is 0 Å². The number of piperidine rings is 2. The third kappa shape index (κ3) is 5.35. The smallest absolute Gasteiger partial charge is 0.239 e. The van der Waals surface area contributed by atoms with Crippen LogP contribution < -0.4 is 5.73 Å². The SMILES string of the molecule is Cl.Cl.NC1CCN(C(=O)C2CCCCN2Cc2ccccc2)CC1. The van der Waals surface area contributed by atoms with Crippen LogP contribution in [-0.2, 0) is 11.3 Å². The molecule has 2 N–H and O–H groups in total. The second-order valence-corrected chi connectivity index (χ2v) is 6.63. The topological polar surface area (TPSA) is 49.6 Å². The predicted molar refractivity (Wildman–Crippen MR) is 103 cm³/mol. The average Bonchev–Trinajstić information content (AvgIpc) is 2.56. The van der Waals surface area contributed by atoms with E-state index in [4.69, 9.17) is 5.73 Å². The molecule has 0 radical (unpaired) electrons. The molecule has 0 spiro atoms. The molecular formula is C18H29Cl2N3O. The molecule has 0 aromatic heterocycles. The molecular weight excluding hydrogens is 345 g/mol. The summed E-state index contributed by atoms with van der Waals surface area (Å²) in [5, 5.41) is 0. The molecule has 1 aromatic rings. The van der Waals surface area contributed by atoms with E-state index in [0.29, 0.717) is 5.91 Å². The molecule has 2 aliphatic heterocycles. The summed E-state index contributed by atoms with van der Waals surface area (Å²) >= 11 is 0. The number of carbonyl (C=O) groups is 1. The van der Waals surface area contributed by atoms with Crippen molar-refractivity contribution in [3.63, 3.8) is 0 Å². The van der Waals surface area contributed by atoms with Crippen molar-refractivity contribution in [2.24, 2.45) is 5.73 Å². The highest BCUT2D eigenvalue weighted by Gasteiger charge is 2.33. The van der Waals surface area contributed by atoms with E-state index in [1.54, 1.807) is 0 Å². The van der Waals surface area contributed by atoms with Gasteiger partial charge in [0, 0.05) is 25.7 Å². The van der Waals surface area contributed by atoms with Crippen molar-refractivity contribution >= 4 is 30.7 Å². The molecule has 24 heavy (non-hydrogen) atoms. The van der Waals surface area contributed by atoms with Crippen LogP contribution in [0.2, 0.25) is 0 Å². The molecule has 4 nitrogen and oxygen atoms in total. The number of hydrogen-bond donors (Lipinski definition) is 1. The van der Waals surface area contributed by atoms with Crippen LogP contribution in [0.5, 0.6) is 0 Å². The van der Waals surface area contributed by atoms with Crippen LogP contribution >= 0.6 is 24.8 Å². The minimum atomic E-state index is 0. The first-order valence-electron chi connectivity index (χ1n) is 8.56. The summed E-state index contributed by atoms with van der Waals surface area (Å²) in [6, 6.07) is 10.8. The van der Waals surface area contributed by atoms with Crippen LogP contribution in [0.3, 0.4) is 0 Å². The summed E-state index contributed by atoms with van der Waals surface area (Å²) in [6.07, 6.45) is 5.24. The normalized spacial score (nSPS) is 22.4. The number of nitrogens with two attached hydrogens (primary N) is 1. The Morgan fingerprint density at radius 3 is 2.33 bits per heavy atom. The Morgan fingerprint density at radius 1 is 1.00 bits per heavy atom. The molecule has 1 atom stereocenters. The molecule has 6 heteroatoms. The highest BCUT2D eigenvalue weighted by molar-refractivity contribution is 5.85. The summed E-state index contributed by atoms with van der Waals surface area (Å²) in [4.78, 5) is 17.3. The first kappa shape index (κ1) is 21.2. The lowest BCUT2D eigenvalue weighted by Gasteiger charge is -2.39. The Morgan fingerprint density at radius 2 is 1.67 bits per heavy atom. The minimum Gasteiger partial charge on any atom is -0.341 e. The fourth-order valence-electron chi connectivity index (χ4n) is 3.61. The van der Waals surface area contributed by atoms with Gasteiger partial charge in [0.1, 0.15) is 0 Å². The van der Waals surface area contributed by atoms with E-state index >= 15 is 0 Å². The van der Waals surface area contributed by atoms with E-state index in [9.17, 15) is 4.79 Å². The van der Waals surface area contributed by atoms with Crippen molar-refractivity contribution in [3.8, 4) is 0 Å². The standard InChI is InChI=1S/C18H27N3O.2ClH/c19-16-9-12-20(13-10-16)18(22)17-8-4-5-11-21(17)14-15-6-2-1-3-7-15;;/h1-3,6-7,16-17H,4-5,8-14,19H2;2*1H. The quantitative estimate of drug-likeness (QED) is 0.885. The maximum absolute atomic E-state index is 12.9. The Balaban J connectivity index is 0.00000144. The fourth-order valence-corrected chi connectivity index (χ4v) is 3.61. The number of halogens is 2. The van der Waals surface area contributed by atoms with Gasteiger partial charge in [-0.2, -0.15) is 0 Å². The van der Waals surface area contributed by atoms with Gasteiger partial charge in [-0.15, -0.1) is 24.8 Å². The summed E-state index contributed by atoms with van der Waals surface area (Å²) in [5.74, 6) is 0.322. The van der Waals surface area contributed by atoms with Crippen molar-refractivity contribution in [3.05, 3.63) is 35.9 Å². The summed E-state index contributed by atoms with van der Waals surface area (Å²) in [7, 11) is 0. The van der Waals surface area contributed by atoms with Crippen molar-refractivity contribution < 1.29 is 4.79 Å². The van der Waals surface area contributed by atoms with Gasteiger partial charge in [0.25, 0.3) is 0 Å². The maximum Gasteiger partial charge on any atom is 0.239 e. The van der Waals surface area contributed by atoms with Gasteiger partial charge >= 0.3 is 0 Å². The van der Waals surface area contributed by atoms with Crippen LogP contribution in [0, 0.1) is 0 Å². The minimum absolute atomic E-state index is 0. The van der Waals surface area contributed by atoms with Crippen LogP contribution in [-0.4, -0.2) is 47.4 Å². The molecule has 2 aliphatic rings. The summed E-state index contributed by atoms with van der Waals surface area (Å²) in [6.45, 7) is 3.56. The Hall–Kier alpha value is -0.810. The number of benzene rings is 1. The molecule has 1 unspecified atom stereocenters. The lowest BCUT2D eigenvalue weighted by Crippen LogP contribution is -2.53. The van der Waals surface area contributed by atoms with Gasteiger partial charge in [-0.1, -0.05) is 36.8 Å². The number of amides is 1. The van der Waals surface area contributed by atoms with E-state index in [2.05, 4.69) is 29.2 Å². The van der Waals surface area contributed by atoms with Crippen LogP contribution in [0.15, 0.2) is 30.3 Å². The number of likely N-dealkylation sites (tertiary alicyclic amines) is 2. The van der Waals surface area contributed by atoms with Gasteiger partial charge in [-0.05, 0) is 37.8 Å². The van der Waals surface area contributed by atoms with E-state index in [-0.39, 0.29) is 36.9 Å². The van der Waals surface area contributed by atoms with E-state index in [1.165, 1.54) is 12.0 Å². The Bertz CT molecular complexity index is 492. The number of hydrogen-bond acceptors (Lipinski definition) is 3. The molecule has 2 saturated heterocycles. The number of rotatable bonds is 3. The Labute approximate surface area is 157 Å². The Kier molecular flexibility index (Phi) is 9.06. The third-order valence-corrected chi connectivity index (χ3v) is 4.98. The largest absolute Gasteiger partial charge is 0.341 e. The molecule has 0 bridgehead atoms. The van der Waals surface area contributed by atoms with Crippen molar-refractivity contribution in [1.82, 2.24) is 9.80 Å². The van der Waals surface area contributed by atoms with Crippen molar-refractivity contribution in [2.45, 2.75) is 50.7 Å². The monoisotopic (exact) mass is 373 g/mol. The fraction of sp³-hybridized carbons (Fsp3) is 0.611. The second kappa shape index (κ2) is 10.2. The molecule has 3 rings (SSSR count). The second-order valence-electron chi connectivity index (χ2n) is 6.63. The van der Waals surface area contributed by atoms with Gasteiger partial charge in [0.2, 0.25) is 5.91 Å². The van der Waals surface area contributed by atoms with Crippen molar-refractivity contribution in [1.29, 1.82) is 0 Å². The first-order valence-corrected chi connectivity index (χ1v) is 8.56. The zero-order valence-corrected chi connectivity index (χ0v) is 15.7. The molecule has 0 saturated carbocycles. The lowest BCUT2D eigenvalue weighted by molar-refractivity contribution is -0.139. The van der Waals surface area contributed by atoms with E-state index in [1.807, 2.05) is 11.0 Å². The van der Waals surface area contributed by atoms with Crippen LogP contribution in [0.1, 0.15) is 37.7 Å². The number of carbonyl (C=O) groups excluding carboxylic acids is 1. The van der Waals surface area contributed by atoms with Gasteiger partial charge in [0.05, 0.1) is 6.04 Å². The zero-order chi connectivity index (χ0) is 15.4. The molecule has 2 fully saturated rings. The van der Waals surface area contributed by atoms with Crippen LogP contribution in [0.4, 0.5) is 0 Å². The van der Waals surface area contributed by atoms with Crippen LogP contribution in [0.25, 0.3) is 0 Å². The van der Waals surface area contributed by atoms with Crippen molar-refractivity contribution in [2.75, 3.05) is 19.6 Å². The average molecular weight is 374 g/mol. The molecule has 0 aliphatic carbocycles. The maximum atomic E-state index is 12.9. The molecule has 1 amide bonds. The third-order valence-electron chi connectivity index (χ3n) is 4.98. The van der Waals surface area contributed by atoms with Gasteiger partial charge in [-0.3, -0.25) is 9.69 Å². The first-order chi connectivity index (χ1) is 10.7. The lowest BCUT2D eigenvalue weighted by atomic mass is 9.98. The van der Waals surface area contributed by atoms with E-state index < -0.39 is 0 Å². The van der Waals surface area contributed by atoms with E-state index in [0.717, 1.165) is 51.9 Å². The molecule has 1 aromatic carbocycles. The molecule has 136 valence electrons.